The molecule has 0 aromatic carbocycles. The third-order valence-electron chi connectivity index (χ3n) is 6.04. The fourth-order valence-electron chi connectivity index (χ4n) is 4.39. The number of carbonyl (C=O) groups is 1. The highest BCUT2D eigenvalue weighted by Crippen LogP contribution is 2.39. The van der Waals surface area contributed by atoms with Gasteiger partial charge in [0.2, 0.25) is 0 Å². The van der Waals surface area contributed by atoms with Crippen LogP contribution in [0.4, 0.5) is 0 Å². The summed E-state index contributed by atoms with van der Waals surface area (Å²) < 4.78 is 0. The Kier molecular flexibility index (Phi) is 5.34. The molecule has 2 fully saturated rings. The van der Waals surface area contributed by atoms with Crippen LogP contribution in [0.15, 0.2) is 0 Å². The van der Waals surface area contributed by atoms with Crippen molar-refractivity contribution in [1.82, 2.24) is 4.90 Å². The monoisotopic (exact) mass is 295 g/mol. The van der Waals surface area contributed by atoms with Crippen LogP contribution in [0.25, 0.3) is 0 Å². The zero-order chi connectivity index (χ0) is 15.6. The van der Waals surface area contributed by atoms with Gasteiger partial charge in [-0.1, -0.05) is 34.1 Å². The first kappa shape index (κ1) is 16.8. The van der Waals surface area contributed by atoms with Gasteiger partial charge in [0.05, 0.1) is 5.92 Å². The van der Waals surface area contributed by atoms with Crippen LogP contribution >= 0.6 is 0 Å². The Hall–Kier alpha value is -0.570. The average Bonchev–Trinajstić information content (AvgIpc) is 2.45. The Labute approximate surface area is 130 Å². The molecule has 0 bridgehead atoms. The second-order valence-corrected chi connectivity index (χ2v) is 8.28. The summed E-state index contributed by atoms with van der Waals surface area (Å²) in [4.78, 5) is 14.1. The van der Waals surface area contributed by atoms with Crippen molar-refractivity contribution in [3.05, 3.63) is 0 Å². The van der Waals surface area contributed by atoms with Gasteiger partial charge in [-0.25, -0.2) is 0 Å². The van der Waals surface area contributed by atoms with E-state index in [-0.39, 0.29) is 12.0 Å². The molecule has 1 saturated heterocycles. The van der Waals surface area contributed by atoms with Crippen molar-refractivity contribution in [3.63, 3.8) is 0 Å². The van der Waals surface area contributed by atoms with Crippen molar-refractivity contribution in [3.8, 4) is 0 Å². The molecule has 1 heterocycles. The van der Waals surface area contributed by atoms with Crippen molar-refractivity contribution in [2.45, 2.75) is 72.3 Å². The van der Waals surface area contributed by atoms with E-state index in [2.05, 4.69) is 32.6 Å². The Balaban J connectivity index is 2.00. The molecule has 3 nitrogen and oxygen atoms in total. The number of nitrogens with zero attached hydrogens (tertiary/aromatic N) is 1. The maximum atomic E-state index is 11.6. The van der Waals surface area contributed by atoms with Gasteiger partial charge in [-0.3, -0.25) is 9.69 Å². The van der Waals surface area contributed by atoms with Crippen LogP contribution in [0.2, 0.25) is 0 Å². The topological polar surface area (TPSA) is 40.5 Å². The summed E-state index contributed by atoms with van der Waals surface area (Å²) in [5, 5.41) is 9.55. The molecule has 122 valence electrons. The molecule has 3 unspecified atom stereocenters. The molecule has 3 heteroatoms. The van der Waals surface area contributed by atoms with Crippen LogP contribution in [-0.2, 0) is 4.79 Å². The second-order valence-electron chi connectivity index (χ2n) is 8.28. The summed E-state index contributed by atoms with van der Waals surface area (Å²) in [6, 6.07) is 0.280. The van der Waals surface area contributed by atoms with Crippen molar-refractivity contribution < 1.29 is 9.90 Å². The smallest absolute Gasteiger partial charge is 0.308 e. The number of rotatable bonds is 3. The Morgan fingerprint density at radius 2 is 1.76 bits per heavy atom. The van der Waals surface area contributed by atoms with E-state index in [1.165, 1.54) is 19.3 Å². The number of carboxylic acids is 1. The molecule has 0 radical (unpaired) electrons. The first-order valence-electron chi connectivity index (χ1n) is 8.79. The summed E-state index contributed by atoms with van der Waals surface area (Å²) in [5.74, 6) is 0.792. The first-order valence-corrected chi connectivity index (χ1v) is 8.79. The molecule has 1 aliphatic carbocycles. The predicted molar refractivity (Wildman–Crippen MR) is 86.3 cm³/mol. The molecule has 0 spiro atoms. The van der Waals surface area contributed by atoms with Gasteiger partial charge in [0.15, 0.2) is 0 Å². The van der Waals surface area contributed by atoms with E-state index >= 15 is 0 Å². The average molecular weight is 295 g/mol. The molecule has 2 aliphatic rings. The minimum absolute atomic E-state index is 0.140. The molecular weight excluding hydrogens is 262 g/mol. The van der Waals surface area contributed by atoms with Gasteiger partial charge >= 0.3 is 5.97 Å². The van der Waals surface area contributed by atoms with Gasteiger partial charge in [0.1, 0.15) is 0 Å². The van der Waals surface area contributed by atoms with Crippen LogP contribution < -0.4 is 0 Å². The third kappa shape index (κ3) is 4.00. The van der Waals surface area contributed by atoms with Gasteiger partial charge in [-0.15, -0.1) is 0 Å². The maximum Gasteiger partial charge on any atom is 0.308 e. The molecule has 2 rings (SSSR count). The number of hydrogen-bond acceptors (Lipinski definition) is 2. The van der Waals surface area contributed by atoms with E-state index in [1.807, 2.05) is 0 Å². The highest BCUT2D eigenvalue weighted by atomic mass is 16.4. The minimum Gasteiger partial charge on any atom is -0.481 e. The summed E-state index contributed by atoms with van der Waals surface area (Å²) in [5.41, 5.74) is 0.386. The SMILES string of the molecule is CCC1CCC(C(=O)O)C(N2CCC(C(C)(C)C)CC2)C1. The largest absolute Gasteiger partial charge is 0.481 e. The first-order chi connectivity index (χ1) is 9.82. The molecule has 0 aromatic rings. The molecule has 1 N–H and O–H groups in total. The molecule has 0 aromatic heterocycles. The van der Waals surface area contributed by atoms with Crippen molar-refractivity contribution in [2.75, 3.05) is 13.1 Å². The van der Waals surface area contributed by atoms with Gasteiger partial charge in [0.25, 0.3) is 0 Å². The summed E-state index contributed by atoms with van der Waals surface area (Å²) in [6.45, 7) is 11.4. The summed E-state index contributed by atoms with van der Waals surface area (Å²) in [6.07, 6.45) is 6.71. The van der Waals surface area contributed by atoms with Crippen molar-refractivity contribution in [2.24, 2.45) is 23.2 Å². The highest BCUT2D eigenvalue weighted by Gasteiger charge is 2.40. The molecule has 21 heavy (non-hydrogen) atoms. The van der Waals surface area contributed by atoms with Crippen LogP contribution in [0.3, 0.4) is 0 Å². The third-order valence-corrected chi connectivity index (χ3v) is 6.04. The number of piperidine rings is 1. The van der Waals surface area contributed by atoms with Gasteiger partial charge in [0, 0.05) is 6.04 Å². The Morgan fingerprint density at radius 1 is 1.14 bits per heavy atom. The van der Waals surface area contributed by atoms with E-state index in [4.69, 9.17) is 0 Å². The molecule has 0 amide bonds. The lowest BCUT2D eigenvalue weighted by atomic mass is 9.73. The van der Waals surface area contributed by atoms with E-state index in [0.29, 0.717) is 5.41 Å². The molecule has 1 saturated carbocycles. The second kappa shape index (κ2) is 6.68. The van der Waals surface area contributed by atoms with Crippen LogP contribution in [0, 0.1) is 23.2 Å². The minimum atomic E-state index is -0.576. The van der Waals surface area contributed by atoms with Crippen LogP contribution in [0.1, 0.15) is 66.2 Å². The molecule has 1 aliphatic heterocycles. The van der Waals surface area contributed by atoms with E-state index < -0.39 is 5.97 Å². The van der Waals surface area contributed by atoms with E-state index in [9.17, 15) is 9.90 Å². The van der Waals surface area contributed by atoms with Crippen molar-refractivity contribution >= 4 is 5.97 Å². The van der Waals surface area contributed by atoms with Crippen LogP contribution in [-0.4, -0.2) is 35.1 Å². The number of carboxylic acid groups (broad SMARTS) is 1. The number of likely N-dealkylation sites (tertiary alicyclic amines) is 1. The lowest BCUT2D eigenvalue weighted by molar-refractivity contribution is -0.146. The summed E-state index contributed by atoms with van der Waals surface area (Å²) in [7, 11) is 0. The Morgan fingerprint density at radius 3 is 2.24 bits per heavy atom. The van der Waals surface area contributed by atoms with Gasteiger partial charge in [-0.05, 0) is 62.4 Å². The van der Waals surface area contributed by atoms with E-state index in [1.54, 1.807) is 0 Å². The normalized spacial score (nSPS) is 33.0. The van der Waals surface area contributed by atoms with Gasteiger partial charge in [-0.2, -0.15) is 0 Å². The molecular formula is C18H33NO2. The summed E-state index contributed by atoms with van der Waals surface area (Å²) >= 11 is 0. The highest BCUT2D eigenvalue weighted by molar-refractivity contribution is 5.71. The zero-order valence-electron chi connectivity index (χ0n) is 14.3. The quantitative estimate of drug-likeness (QED) is 0.854. The number of aliphatic carboxylic acids is 1. The lowest BCUT2D eigenvalue weighted by Gasteiger charge is -2.46. The Bertz CT molecular complexity index is 353. The van der Waals surface area contributed by atoms with Crippen molar-refractivity contribution in [1.29, 1.82) is 0 Å². The fourth-order valence-corrected chi connectivity index (χ4v) is 4.39. The van der Waals surface area contributed by atoms with Gasteiger partial charge < -0.3 is 5.11 Å². The maximum absolute atomic E-state index is 11.6. The van der Waals surface area contributed by atoms with Crippen LogP contribution in [0.5, 0.6) is 0 Å². The fraction of sp³-hybridized carbons (Fsp3) is 0.944. The van der Waals surface area contributed by atoms with E-state index in [0.717, 1.165) is 44.2 Å². The standard InChI is InChI=1S/C18H33NO2/c1-5-13-6-7-15(17(20)21)16(12-13)19-10-8-14(9-11-19)18(2,3)4/h13-16H,5-12H2,1-4H3,(H,20,21). The zero-order valence-corrected chi connectivity index (χ0v) is 14.3. The number of hydrogen-bond donors (Lipinski definition) is 1. The molecule has 3 atom stereocenters. The predicted octanol–water partition coefficient (Wildman–Crippen LogP) is 4.02. The lowest BCUT2D eigenvalue weighted by Crippen LogP contribution is -2.51.